The molecule has 1 rings (SSSR count). The molecule has 0 amide bonds. The fourth-order valence-corrected chi connectivity index (χ4v) is 14.8. The zero-order valence-corrected chi connectivity index (χ0v) is 19.1. The van der Waals surface area contributed by atoms with E-state index in [4.69, 9.17) is 8.95 Å². The summed E-state index contributed by atoms with van der Waals surface area (Å²) >= 11 is 0. The maximum absolute atomic E-state index is 13.6. The number of nitrogens with zero attached hydrogens (tertiary/aromatic N) is 1. The molecule has 0 aromatic rings. The molecule has 0 N–H and O–H groups in total. The van der Waals surface area contributed by atoms with Crippen molar-refractivity contribution < 1.29 is 13.5 Å². The van der Waals surface area contributed by atoms with E-state index in [1.54, 1.807) is 0 Å². The lowest BCUT2D eigenvalue weighted by molar-refractivity contribution is 0.0454. The third-order valence-corrected chi connectivity index (χ3v) is 16.7. The van der Waals surface area contributed by atoms with Gasteiger partial charge in [-0.3, -0.25) is 9.46 Å². The molecule has 4 nitrogen and oxygen atoms in total. The van der Waals surface area contributed by atoms with Crippen LogP contribution in [0.1, 0.15) is 20.8 Å². The molecule has 0 bridgehead atoms. The lowest BCUT2D eigenvalue weighted by Crippen LogP contribution is -2.39. The Morgan fingerprint density at radius 3 is 2.00 bits per heavy atom. The molecule has 0 spiro atoms. The summed E-state index contributed by atoms with van der Waals surface area (Å²) in [5.41, 5.74) is 0. The zero-order chi connectivity index (χ0) is 17.6. The molecular formula is C16H38NO3PSi2. The molecule has 1 fully saturated rings. The number of morpholine rings is 1. The molecule has 0 aliphatic carbocycles. The summed E-state index contributed by atoms with van der Waals surface area (Å²) in [6, 6.07) is 5.04. The Bertz CT molecular complexity index is 383. The Hall–Kier alpha value is 0.544. The van der Waals surface area contributed by atoms with Crippen molar-refractivity contribution in [3.8, 4) is 0 Å². The van der Waals surface area contributed by atoms with Crippen LogP contribution in [0, 0.1) is 0 Å². The SMILES string of the molecule is CC[Si](CC)(CC)CCP(=O)(CN1CCOCC1)O[Si](C)(C)C. The van der Waals surface area contributed by atoms with E-state index < -0.39 is 23.8 Å². The van der Waals surface area contributed by atoms with Crippen LogP contribution in [0.15, 0.2) is 0 Å². The number of rotatable bonds is 10. The Balaban J connectivity index is 2.80. The molecule has 1 unspecified atom stereocenters. The van der Waals surface area contributed by atoms with E-state index in [0.717, 1.165) is 38.5 Å². The van der Waals surface area contributed by atoms with Crippen LogP contribution in [0.5, 0.6) is 0 Å². The van der Waals surface area contributed by atoms with Crippen molar-refractivity contribution in [2.75, 3.05) is 38.8 Å². The van der Waals surface area contributed by atoms with Gasteiger partial charge in [0.05, 0.1) is 27.6 Å². The maximum Gasteiger partial charge on any atom is 0.207 e. The van der Waals surface area contributed by atoms with Gasteiger partial charge in [-0.1, -0.05) is 38.9 Å². The molecule has 23 heavy (non-hydrogen) atoms. The minimum absolute atomic E-state index is 0.627. The van der Waals surface area contributed by atoms with Crippen LogP contribution >= 0.6 is 7.37 Å². The first kappa shape index (κ1) is 21.6. The highest BCUT2D eigenvalue weighted by atomic mass is 31.2. The number of ether oxygens (including phenoxy) is 1. The second-order valence-corrected chi connectivity index (χ2v) is 20.9. The molecule has 0 saturated carbocycles. The maximum atomic E-state index is 13.6. The lowest BCUT2D eigenvalue weighted by Gasteiger charge is -2.36. The Labute approximate surface area is 145 Å². The van der Waals surface area contributed by atoms with Crippen LogP contribution in [-0.4, -0.2) is 60.0 Å². The van der Waals surface area contributed by atoms with Gasteiger partial charge in [-0.25, -0.2) is 0 Å². The second kappa shape index (κ2) is 9.30. The first-order chi connectivity index (χ1) is 10.7. The molecule has 1 heterocycles. The molecule has 1 atom stereocenters. The van der Waals surface area contributed by atoms with Crippen molar-refractivity contribution in [2.45, 2.75) is 64.6 Å². The predicted molar refractivity (Wildman–Crippen MR) is 106 cm³/mol. The Morgan fingerprint density at radius 2 is 1.57 bits per heavy atom. The van der Waals surface area contributed by atoms with Crippen molar-refractivity contribution in [1.29, 1.82) is 0 Å². The predicted octanol–water partition coefficient (Wildman–Crippen LogP) is 4.91. The van der Waals surface area contributed by atoms with Crippen molar-refractivity contribution in [1.82, 2.24) is 4.90 Å². The summed E-state index contributed by atoms with van der Waals surface area (Å²) in [5, 5.41) is 0. The molecule has 7 heteroatoms. The minimum atomic E-state index is -2.58. The molecule has 0 aromatic carbocycles. The van der Waals surface area contributed by atoms with E-state index in [0.29, 0.717) is 6.29 Å². The zero-order valence-electron chi connectivity index (χ0n) is 16.2. The van der Waals surface area contributed by atoms with Gasteiger partial charge in [0.1, 0.15) is 0 Å². The van der Waals surface area contributed by atoms with Gasteiger partial charge in [0.15, 0.2) is 8.32 Å². The van der Waals surface area contributed by atoms with Gasteiger partial charge in [0, 0.05) is 19.3 Å². The second-order valence-electron chi connectivity index (χ2n) is 7.92. The average molecular weight is 380 g/mol. The monoisotopic (exact) mass is 379 g/mol. The van der Waals surface area contributed by atoms with Gasteiger partial charge in [0.2, 0.25) is 7.37 Å². The van der Waals surface area contributed by atoms with Gasteiger partial charge in [-0.2, -0.15) is 0 Å². The normalized spacial score (nSPS) is 20.4. The average Bonchev–Trinajstić information content (AvgIpc) is 2.48. The number of hydrogen-bond donors (Lipinski definition) is 0. The van der Waals surface area contributed by atoms with E-state index in [9.17, 15) is 4.57 Å². The highest BCUT2D eigenvalue weighted by Crippen LogP contribution is 2.52. The van der Waals surface area contributed by atoms with Gasteiger partial charge in [0.25, 0.3) is 0 Å². The molecule has 1 saturated heterocycles. The molecule has 0 aromatic heterocycles. The van der Waals surface area contributed by atoms with Crippen molar-refractivity contribution in [3.63, 3.8) is 0 Å². The van der Waals surface area contributed by atoms with Gasteiger partial charge < -0.3 is 8.95 Å². The van der Waals surface area contributed by atoms with E-state index in [-0.39, 0.29) is 0 Å². The smallest absolute Gasteiger partial charge is 0.207 e. The quantitative estimate of drug-likeness (QED) is 0.399. The van der Waals surface area contributed by atoms with E-state index >= 15 is 0 Å². The van der Waals surface area contributed by atoms with Crippen molar-refractivity contribution in [3.05, 3.63) is 0 Å². The number of hydrogen-bond acceptors (Lipinski definition) is 4. The van der Waals surface area contributed by atoms with Crippen LogP contribution in [0.25, 0.3) is 0 Å². The summed E-state index contributed by atoms with van der Waals surface area (Å²) in [5.74, 6) is 0. The summed E-state index contributed by atoms with van der Waals surface area (Å²) in [6.07, 6.45) is 1.42. The highest BCUT2D eigenvalue weighted by molar-refractivity contribution is 7.60. The van der Waals surface area contributed by atoms with E-state index in [2.05, 4.69) is 45.3 Å². The molecule has 138 valence electrons. The standard InChI is InChI=1S/C16H38NO3PSi2/c1-7-23(8-2,9-3)15-14-21(18,20-22(4,5)6)16-17-10-12-19-13-11-17/h7-16H2,1-6H3. The first-order valence-corrected chi connectivity index (χ1v) is 17.5. The summed E-state index contributed by atoms with van der Waals surface area (Å²) in [4.78, 5) is 2.29. The van der Waals surface area contributed by atoms with Gasteiger partial charge >= 0.3 is 0 Å². The molecule has 1 aliphatic rings. The largest absolute Gasteiger partial charge is 0.379 e. The molecular weight excluding hydrogens is 341 g/mol. The van der Waals surface area contributed by atoms with Crippen LogP contribution in [-0.2, 0) is 13.5 Å². The van der Waals surface area contributed by atoms with E-state index in [1.165, 1.54) is 18.1 Å². The fraction of sp³-hybridized carbons (Fsp3) is 1.00. The summed E-state index contributed by atoms with van der Waals surface area (Å²) in [7, 11) is -5.64. The summed E-state index contributed by atoms with van der Waals surface area (Å²) in [6.45, 7) is 16.7. The highest BCUT2D eigenvalue weighted by Gasteiger charge is 2.36. The van der Waals surface area contributed by atoms with Crippen LogP contribution in [0.4, 0.5) is 0 Å². The van der Waals surface area contributed by atoms with Gasteiger partial charge in [-0.15, -0.1) is 0 Å². The first-order valence-electron chi connectivity index (χ1n) is 9.26. The van der Waals surface area contributed by atoms with Crippen molar-refractivity contribution in [2.24, 2.45) is 0 Å². The van der Waals surface area contributed by atoms with Crippen LogP contribution < -0.4 is 0 Å². The van der Waals surface area contributed by atoms with Gasteiger partial charge in [-0.05, 0) is 25.7 Å². The molecule has 1 aliphatic heterocycles. The summed E-state index contributed by atoms with van der Waals surface area (Å²) < 4.78 is 25.4. The Kier molecular flexibility index (Phi) is 8.73. The third-order valence-electron chi connectivity index (χ3n) is 5.19. The lowest BCUT2D eigenvalue weighted by atomic mass is 10.5. The molecule has 0 radical (unpaired) electrons. The van der Waals surface area contributed by atoms with Crippen LogP contribution in [0.3, 0.4) is 0 Å². The van der Waals surface area contributed by atoms with Crippen molar-refractivity contribution >= 4 is 23.8 Å². The van der Waals surface area contributed by atoms with E-state index in [1.807, 2.05) is 0 Å². The Morgan fingerprint density at radius 1 is 1.04 bits per heavy atom. The fourth-order valence-electron chi connectivity index (χ4n) is 3.38. The minimum Gasteiger partial charge on any atom is -0.379 e. The third kappa shape index (κ3) is 7.53. The van der Waals surface area contributed by atoms with Crippen LogP contribution in [0.2, 0.25) is 43.8 Å². The topological polar surface area (TPSA) is 38.8 Å².